The van der Waals surface area contributed by atoms with Crippen molar-refractivity contribution in [1.82, 2.24) is 9.97 Å². The summed E-state index contributed by atoms with van der Waals surface area (Å²) in [5, 5.41) is 0.424. The molecule has 0 aliphatic heterocycles. The Hall–Kier alpha value is -0.710. The van der Waals surface area contributed by atoms with Crippen LogP contribution in [0.15, 0.2) is 12.3 Å². The fourth-order valence-electron chi connectivity index (χ4n) is 0.942. The zero-order chi connectivity index (χ0) is 8.55. The fraction of sp³-hybridized carbons (Fsp3) is 0.143. The van der Waals surface area contributed by atoms with Crippen LogP contribution in [0.3, 0.4) is 0 Å². The highest BCUT2D eigenvalue weighted by Gasteiger charge is 2.02. The molecule has 62 valence electrons. The number of thiophene rings is 1. The van der Waals surface area contributed by atoms with Crippen molar-refractivity contribution in [2.24, 2.45) is 5.73 Å². The molecular weight excluding hydrogens is 194 g/mol. The van der Waals surface area contributed by atoms with Gasteiger partial charge in [-0.2, -0.15) is 0 Å². The Bertz CT molecular complexity index is 412. The minimum atomic E-state index is 0.424. The van der Waals surface area contributed by atoms with Gasteiger partial charge in [0.15, 0.2) is 0 Å². The van der Waals surface area contributed by atoms with Gasteiger partial charge in [0.2, 0.25) is 0 Å². The molecule has 2 aromatic heterocycles. The highest BCUT2D eigenvalue weighted by atomic mass is 35.5. The van der Waals surface area contributed by atoms with Crippen molar-refractivity contribution in [1.29, 1.82) is 0 Å². The summed E-state index contributed by atoms with van der Waals surface area (Å²) in [4.78, 5) is 10.1. The van der Waals surface area contributed by atoms with Gasteiger partial charge >= 0.3 is 0 Å². The normalized spacial score (nSPS) is 10.8. The van der Waals surface area contributed by atoms with Crippen LogP contribution in [0, 0.1) is 0 Å². The topological polar surface area (TPSA) is 51.8 Å². The van der Waals surface area contributed by atoms with Gasteiger partial charge in [0.25, 0.3) is 0 Å². The molecule has 0 spiro atoms. The third-order valence-corrected chi connectivity index (χ3v) is 2.69. The van der Waals surface area contributed by atoms with Gasteiger partial charge in [-0.1, -0.05) is 11.6 Å². The standard InChI is InChI=1S/C7H6ClN3S/c8-6-3-10-5-1-4(2-9)12-7(5)11-6/h1,3H,2,9H2. The molecule has 0 unspecified atom stereocenters. The maximum Gasteiger partial charge on any atom is 0.149 e. The number of nitrogens with two attached hydrogens (primary N) is 1. The Morgan fingerprint density at radius 2 is 2.42 bits per heavy atom. The van der Waals surface area contributed by atoms with Crippen molar-refractivity contribution >= 4 is 33.3 Å². The SMILES string of the molecule is NCc1cc2ncc(Cl)nc2s1. The van der Waals surface area contributed by atoms with Crippen molar-refractivity contribution in [2.75, 3.05) is 0 Å². The van der Waals surface area contributed by atoms with Crippen LogP contribution in [-0.2, 0) is 6.54 Å². The molecular formula is C7H6ClN3S. The van der Waals surface area contributed by atoms with E-state index in [4.69, 9.17) is 17.3 Å². The van der Waals surface area contributed by atoms with Gasteiger partial charge in [-0.15, -0.1) is 11.3 Å². The average molecular weight is 200 g/mol. The first-order valence-electron chi connectivity index (χ1n) is 3.40. The second kappa shape index (κ2) is 2.97. The van der Waals surface area contributed by atoms with Crippen LogP contribution in [0.4, 0.5) is 0 Å². The van der Waals surface area contributed by atoms with Gasteiger partial charge in [-0.25, -0.2) is 4.98 Å². The van der Waals surface area contributed by atoms with Gasteiger partial charge in [0, 0.05) is 11.4 Å². The minimum absolute atomic E-state index is 0.424. The van der Waals surface area contributed by atoms with Crippen LogP contribution in [-0.4, -0.2) is 9.97 Å². The van der Waals surface area contributed by atoms with E-state index in [0.717, 1.165) is 15.2 Å². The summed E-state index contributed by atoms with van der Waals surface area (Å²) in [6.07, 6.45) is 1.54. The van der Waals surface area contributed by atoms with Crippen LogP contribution in [0.25, 0.3) is 10.3 Å². The lowest BCUT2D eigenvalue weighted by molar-refractivity contribution is 1.11. The smallest absolute Gasteiger partial charge is 0.149 e. The van der Waals surface area contributed by atoms with Crippen molar-refractivity contribution in [3.8, 4) is 0 Å². The first-order valence-corrected chi connectivity index (χ1v) is 4.60. The van der Waals surface area contributed by atoms with Crippen LogP contribution in [0.1, 0.15) is 4.88 Å². The van der Waals surface area contributed by atoms with Crippen LogP contribution < -0.4 is 5.73 Å². The Labute approximate surface area is 78.2 Å². The van der Waals surface area contributed by atoms with E-state index in [-0.39, 0.29) is 0 Å². The largest absolute Gasteiger partial charge is 0.326 e. The summed E-state index contributed by atoms with van der Waals surface area (Å²) in [6.45, 7) is 0.528. The van der Waals surface area contributed by atoms with Crippen LogP contribution >= 0.6 is 22.9 Å². The third-order valence-electron chi connectivity index (χ3n) is 1.46. The average Bonchev–Trinajstić information content (AvgIpc) is 2.46. The van der Waals surface area contributed by atoms with E-state index in [9.17, 15) is 0 Å². The Morgan fingerprint density at radius 3 is 3.17 bits per heavy atom. The number of fused-ring (bicyclic) bond motifs is 1. The zero-order valence-electron chi connectivity index (χ0n) is 6.12. The predicted octanol–water partition coefficient (Wildman–Crippen LogP) is 1.80. The molecule has 0 amide bonds. The summed E-state index contributed by atoms with van der Waals surface area (Å²) in [6, 6.07) is 1.93. The van der Waals surface area contributed by atoms with E-state index in [1.807, 2.05) is 6.07 Å². The van der Waals surface area contributed by atoms with E-state index >= 15 is 0 Å². The number of halogens is 1. The molecule has 0 fully saturated rings. The molecule has 2 N–H and O–H groups in total. The van der Waals surface area contributed by atoms with Gasteiger partial charge in [0.1, 0.15) is 15.5 Å². The summed E-state index contributed by atoms with van der Waals surface area (Å²) in [5.74, 6) is 0. The quantitative estimate of drug-likeness (QED) is 0.762. The molecule has 0 aromatic carbocycles. The lowest BCUT2D eigenvalue weighted by atomic mass is 10.4. The Morgan fingerprint density at radius 1 is 1.58 bits per heavy atom. The molecule has 0 bridgehead atoms. The minimum Gasteiger partial charge on any atom is -0.326 e. The van der Waals surface area contributed by atoms with Crippen molar-refractivity contribution in [3.63, 3.8) is 0 Å². The molecule has 3 nitrogen and oxygen atoms in total. The first-order chi connectivity index (χ1) is 5.79. The molecule has 5 heteroatoms. The third kappa shape index (κ3) is 1.29. The molecule has 0 atom stereocenters. The fourth-order valence-corrected chi connectivity index (χ4v) is 1.99. The van der Waals surface area contributed by atoms with Gasteiger partial charge in [0.05, 0.1) is 6.20 Å². The van der Waals surface area contributed by atoms with E-state index < -0.39 is 0 Å². The number of nitrogens with zero attached hydrogens (tertiary/aromatic N) is 2. The Balaban J connectivity index is 2.67. The first kappa shape index (κ1) is 7.91. The monoisotopic (exact) mass is 199 g/mol. The van der Waals surface area contributed by atoms with E-state index in [1.54, 1.807) is 0 Å². The van der Waals surface area contributed by atoms with Gasteiger partial charge in [-0.05, 0) is 6.07 Å². The molecule has 0 saturated carbocycles. The molecule has 0 aliphatic carbocycles. The van der Waals surface area contributed by atoms with Crippen molar-refractivity contribution in [2.45, 2.75) is 6.54 Å². The highest BCUT2D eigenvalue weighted by Crippen LogP contribution is 2.22. The zero-order valence-corrected chi connectivity index (χ0v) is 7.69. The summed E-state index contributed by atoms with van der Waals surface area (Å²) in [5.41, 5.74) is 6.34. The van der Waals surface area contributed by atoms with Crippen LogP contribution in [0.5, 0.6) is 0 Å². The number of hydrogen-bond donors (Lipinski definition) is 1. The lowest BCUT2D eigenvalue weighted by Gasteiger charge is -1.86. The number of rotatable bonds is 1. The van der Waals surface area contributed by atoms with Crippen molar-refractivity contribution in [3.05, 3.63) is 22.3 Å². The molecule has 0 saturated heterocycles. The van der Waals surface area contributed by atoms with Gasteiger partial charge in [-0.3, -0.25) is 4.98 Å². The molecule has 2 rings (SSSR count). The number of aromatic nitrogens is 2. The van der Waals surface area contributed by atoms with E-state index in [1.165, 1.54) is 17.5 Å². The second-order valence-electron chi connectivity index (χ2n) is 2.30. The maximum absolute atomic E-state index is 5.67. The second-order valence-corrected chi connectivity index (χ2v) is 3.80. The summed E-state index contributed by atoms with van der Waals surface area (Å²) >= 11 is 7.20. The van der Waals surface area contributed by atoms with Gasteiger partial charge < -0.3 is 5.73 Å². The molecule has 0 aliphatic rings. The molecule has 12 heavy (non-hydrogen) atoms. The van der Waals surface area contributed by atoms with E-state index in [0.29, 0.717) is 11.7 Å². The molecule has 0 radical (unpaired) electrons. The summed E-state index contributed by atoms with van der Waals surface area (Å²) in [7, 11) is 0. The molecule has 2 heterocycles. The predicted molar refractivity (Wildman–Crippen MR) is 50.3 cm³/mol. The summed E-state index contributed by atoms with van der Waals surface area (Å²) < 4.78 is 0. The lowest BCUT2D eigenvalue weighted by Crippen LogP contribution is -1.91. The van der Waals surface area contributed by atoms with Crippen molar-refractivity contribution < 1.29 is 0 Å². The number of hydrogen-bond acceptors (Lipinski definition) is 4. The maximum atomic E-state index is 5.67. The van der Waals surface area contributed by atoms with E-state index in [2.05, 4.69) is 9.97 Å². The molecule has 2 aromatic rings. The van der Waals surface area contributed by atoms with Crippen LogP contribution in [0.2, 0.25) is 5.15 Å². The Kier molecular flexibility index (Phi) is 1.96. The highest BCUT2D eigenvalue weighted by molar-refractivity contribution is 7.18.